The second-order valence-corrected chi connectivity index (χ2v) is 11.5. The van der Waals surface area contributed by atoms with Gasteiger partial charge in [0.15, 0.2) is 0 Å². The van der Waals surface area contributed by atoms with Gasteiger partial charge >= 0.3 is 6.09 Å². The van der Waals surface area contributed by atoms with Crippen molar-refractivity contribution in [3.63, 3.8) is 0 Å². The minimum Gasteiger partial charge on any atom is -0.444 e. The molecule has 1 saturated heterocycles. The summed E-state index contributed by atoms with van der Waals surface area (Å²) >= 11 is 0. The molecule has 3 rings (SSSR count). The molecular weight excluding hydrogens is 482 g/mol. The number of sulfonamides is 1. The summed E-state index contributed by atoms with van der Waals surface area (Å²) in [5, 5.41) is 11.4. The Labute approximate surface area is 213 Å². The van der Waals surface area contributed by atoms with Crippen molar-refractivity contribution in [2.24, 2.45) is 5.92 Å². The highest BCUT2D eigenvalue weighted by molar-refractivity contribution is 7.89. The topological polar surface area (TPSA) is 122 Å². The van der Waals surface area contributed by atoms with Gasteiger partial charge in [-0.25, -0.2) is 13.2 Å². The van der Waals surface area contributed by atoms with Gasteiger partial charge in [-0.15, -0.1) is 0 Å². The number of anilines is 1. The van der Waals surface area contributed by atoms with Crippen molar-refractivity contribution >= 4 is 21.8 Å². The first kappa shape index (κ1) is 27.9. The molecule has 2 aromatic carbocycles. The maximum atomic E-state index is 13.5. The van der Waals surface area contributed by atoms with Crippen LogP contribution in [0.3, 0.4) is 0 Å². The number of carbonyl (C=O) groups is 1. The van der Waals surface area contributed by atoms with Gasteiger partial charge in [0.25, 0.3) is 0 Å². The Morgan fingerprint density at radius 3 is 2.39 bits per heavy atom. The SMILES string of the molecule is CC(C)CN(C[C@@H](O)[C@H](Cc1ccccc1)N(C)C(=O)OC1CCOC1)S(=O)(=O)c1ccc(N)cc1. The van der Waals surface area contributed by atoms with Gasteiger partial charge in [0.2, 0.25) is 10.0 Å². The molecule has 0 saturated carbocycles. The van der Waals surface area contributed by atoms with Crippen molar-refractivity contribution in [3.05, 3.63) is 60.2 Å². The van der Waals surface area contributed by atoms with Crippen LogP contribution in [0.2, 0.25) is 0 Å². The van der Waals surface area contributed by atoms with E-state index in [0.29, 0.717) is 31.7 Å². The van der Waals surface area contributed by atoms with Gasteiger partial charge in [0.1, 0.15) is 6.10 Å². The Bertz CT molecular complexity index is 1070. The number of nitrogen functional groups attached to an aromatic ring is 1. The van der Waals surface area contributed by atoms with Gasteiger partial charge in [0, 0.05) is 32.2 Å². The lowest BCUT2D eigenvalue weighted by Crippen LogP contribution is -2.52. The van der Waals surface area contributed by atoms with E-state index in [-0.39, 0.29) is 30.0 Å². The van der Waals surface area contributed by atoms with Crippen LogP contribution in [-0.2, 0) is 25.9 Å². The first-order valence-electron chi connectivity index (χ1n) is 12.2. The number of nitrogens with two attached hydrogens (primary N) is 1. The standard InChI is InChI=1S/C26H37N3O6S/c1-19(2)16-29(36(32,33)23-11-9-21(27)10-12-23)17-25(30)24(15-20-7-5-4-6-8-20)28(3)26(31)35-22-13-14-34-18-22/h4-12,19,22,24-25,30H,13-18,27H2,1-3H3/t22?,24-,25+/m0/s1. The van der Waals surface area contributed by atoms with E-state index in [2.05, 4.69) is 0 Å². The summed E-state index contributed by atoms with van der Waals surface area (Å²) < 4.78 is 39.1. The molecule has 36 heavy (non-hydrogen) atoms. The van der Waals surface area contributed by atoms with E-state index in [1.54, 1.807) is 7.05 Å². The molecule has 1 amide bonds. The number of rotatable bonds is 11. The van der Waals surface area contributed by atoms with Crippen molar-refractivity contribution in [3.8, 4) is 0 Å². The van der Waals surface area contributed by atoms with E-state index >= 15 is 0 Å². The third-order valence-corrected chi connectivity index (χ3v) is 8.00. The van der Waals surface area contributed by atoms with Crippen LogP contribution in [0, 0.1) is 5.92 Å². The van der Waals surface area contributed by atoms with Gasteiger partial charge in [0.05, 0.1) is 30.3 Å². The predicted molar refractivity (Wildman–Crippen MR) is 138 cm³/mol. The molecule has 1 fully saturated rings. The number of aliphatic hydroxyl groups excluding tert-OH is 1. The van der Waals surface area contributed by atoms with Gasteiger partial charge < -0.3 is 25.2 Å². The molecule has 0 bridgehead atoms. The Morgan fingerprint density at radius 2 is 1.81 bits per heavy atom. The molecule has 198 valence electrons. The van der Waals surface area contributed by atoms with E-state index in [1.165, 1.54) is 33.5 Å². The third-order valence-electron chi connectivity index (χ3n) is 6.15. The van der Waals surface area contributed by atoms with E-state index in [1.807, 2.05) is 44.2 Å². The lowest BCUT2D eigenvalue weighted by atomic mass is 10.00. The normalized spacial score (nSPS) is 17.8. The Balaban J connectivity index is 1.85. The second-order valence-electron chi connectivity index (χ2n) is 9.59. The van der Waals surface area contributed by atoms with Crippen LogP contribution in [0.25, 0.3) is 0 Å². The molecule has 2 aromatic rings. The number of carbonyl (C=O) groups excluding carboxylic acids is 1. The first-order chi connectivity index (χ1) is 17.1. The highest BCUT2D eigenvalue weighted by Crippen LogP contribution is 2.22. The van der Waals surface area contributed by atoms with E-state index in [9.17, 15) is 18.3 Å². The van der Waals surface area contributed by atoms with E-state index in [4.69, 9.17) is 15.2 Å². The second kappa shape index (κ2) is 12.5. The van der Waals surface area contributed by atoms with Crippen molar-refractivity contribution in [2.45, 2.75) is 49.8 Å². The Kier molecular flexibility index (Phi) is 9.72. The average molecular weight is 520 g/mol. The summed E-state index contributed by atoms with van der Waals surface area (Å²) in [6.07, 6.45) is -1.15. The molecule has 1 aliphatic heterocycles. The molecule has 1 heterocycles. The van der Waals surface area contributed by atoms with Crippen LogP contribution < -0.4 is 5.73 Å². The van der Waals surface area contributed by atoms with Gasteiger partial charge in [-0.1, -0.05) is 44.2 Å². The highest BCUT2D eigenvalue weighted by atomic mass is 32.2. The molecule has 1 unspecified atom stereocenters. The first-order valence-corrected chi connectivity index (χ1v) is 13.6. The van der Waals surface area contributed by atoms with Gasteiger partial charge in [-0.05, 0) is 42.2 Å². The minimum absolute atomic E-state index is 0.0124. The number of ether oxygens (including phenoxy) is 2. The number of hydrogen-bond donors (Lipinski definition) is 2. The number of amides is 1. The number of aliphatic hydroxyl groups is 1. The molecule has 9 nitrogen and oxygen atoms in total. The van der Waals surface area contributed by atoms with Gasteiger partial charge in [-0.2, -0.15) is 4.31 Å². The number of nitrogens with zero attached hydrogens (tertiary/aromatic N) is 2. The zero-order chi connectivity index (χ0) is 26.3. The molecule has 3 atom stereocenters. The lowest BCUT2D eigenvalue weighted by Gasteiger charge is -2.35. The fourth-order valence-electron chi connectivity index (χ4n) is 4.15. The fourth-order valence-corrected chi connectivity index (χ4v) is 5.77. The summed E-state index contributed by atoms with van der Waals surface area (Å²) in [5.41, 5.74) is 7.10. The van der Waals surface area contributed by atoms with Crippen molar-refractivity contribution < 1.29 is 27.8 Å². The van der Waals surface area contributed by atoms with Gasteiger partial charge in [-0.3, -0.25) is 0 Å². The number of hydrogen-bond acceptors (Lipinski definition) is 7. The molecule has 0 radical (unpaired) electrons. The van der Waals surface area contributed by atoms with E-state index in [0.717, 1.165) is 5.56 Å². The van der Waals surface area contributed by atoms with Crippen LogP contribution in [0.4, 0.5) is 10.5 Å². The third kappa shape index (κ3) is 7.42. The maximum absolute atomic E-state index is 13.5. The number of likely N-dealkylation sites (N-methyl/N-ethyl adjacent to an activating group) is 1. The Morgan fingerprint density at radius 1 is 1.14 bits per heavy atom. The van der Waals surface area contributed by atoms with E-state index < -0.39 is 28.3 Å². The molecule has 10 heteroatoms. The minimum atomic E-state index is -3.91. The van der Waals surface area contributed by atoms with Crippen LogP contribution in [-0.4, -0.2) is 80.4 Å². The largest absolute Gasteiger partial charge is 0.444 e. The van der Waals surface area contributed by atoms with Crippen LogP contribution in [0.15, 0.2) is 59.5 Å². The Hall–Kier alpha value is -2.66. The number of benzene rings is 2. The van der Waals surface area contributed by atoms with Crippen molar-refractivity contribution in [1.29, 1.82) is 0 Å². The highest BCUT2D eigenvalue weighted by Gasteiger charge is 2.35. The zero-order valence-corrected chi connectivity index (χ0v) is 21.9. The molecule has 3 N–H and O–H groups in total. The summed E-state index contributed by atoms with van der Waals surface area (Å²) in [6, 6.07) is 14.7. The summed E-state index contributed by atoms with van der Waals surface area (Å²) in [7, 11) is -2.35. The monoisotopic (exact) mass is 519 g/mol. The molecule has 0 spiro atoms. The summed E-state index contributed by atoms with van der Waals surface area (Å²) in [4.78, 5) is 14.4. The average Bonchev–Trinajstić information content (AvgIpc) is 3.35. The molecule has 0 aliphatic carbocycles. The fraction of sp³-hybridized carbons (Fsp3) is 0.500. The van der Waals surface area contributed by atoms with Crippen molar-refractivity contribution in [2.75, 3.05) is 39.1 Å². The lowest BCUT2D eigenvalue weighted by molar-refractivity contribution is 0.0176. The summed E-state index contributed by atoms with van der Waals surface area (Å²) in [5.74, 6) is 0.0124. The zero-order valence-electron chi connectivity index (χ0n) is 21.1. The predicted octanol–water partition coefficient (Wildman–Crippen LogP) is 2.75. The summed E-state index contributed by atoms with van der Waals surface area (Å²) in [6.45, 7) is 4.71. The molecule has 1 aliphatic rings. The molecule has 0 aromatic heterocycles. The quantitative estimate of drug-likeness (QED) is 0.438. The smallest absolute Gasteiger partial charge is 0.410 e. The van der Waals surface area contributed by atoms with Crippen LogP contribution >= 0.6 is 0 Å². The van der Waals surface area contributed by atoms with Crippen LogP contribution in [0.5, 0.6) is 0 Å². The maximum Gasteiger partial charge on any atom is 0.410 e. The molecular formula is C26H37N3O6S. The van der Waals surface area contributed by atoms with Crippen molar-refractivity contribution in [1.82, 2.24) is 9.21 Å². The van der Waals surface area contributed by atoms with Crippen LogP contribution in [0.1, 0.15) is 25.8 Å².